The van der Waals surface area contributed by atoms with Gasteiger partial charge in [0.05, 0.1) is 16.2 Å². The molecule has 2 rings (SSSR count). The minimum absolute atomic E-state index is 0.0283. The molecule has 0 aliphatic rings. The molecule has 2 aromatic rings. The number of nitro groups is 1. The number of furan rings is 1. The molecule has 0 unspecified atom stereocenters. The topological polar surface area (TPSA) is 73.3 Å². The van der Waals surface area contributed by atoms with E-state index < -0.39 is 10.7 Å². The van der Waals surface area contributed by atoms with Crippen molar-refractivity contribution in [3.05, 3.63) is 63.1 Å². The van der Waals surface area contributed by atoms with Crippen molar-refractivity contribution >= 4 is 23.1 Å². The normalized spacial score (nSPS) is 10.2. The Morgan fingerprint density at radius 1 is 1.35 bits per heavy atom. The summed E-state index contributed by atoms with van der Waals surface area (Å²) in [6, 6.07) is 6.75. The average Bonchev–Trinajstić information content (AvgIpc) is 2.81. The van der Waals surface area contributed by atoms with Gasteiger partial charge >= 0.3 is 0 Å². The van der Waals surface area contributed by atoms with Gasteiger partial charge in [0.25, 0.3) is 5.69 Å². The Kier molecular flexibility index (Phi) is 2.93. The van der Waals surface area contributed by atoms with Gasteiger partial charge in [0, 0.05) is 17.7 Å². The highest BCUT2D eigenvalue weighted by molar-refractivity contribution is 6.35. The van der Waals surface area contributed by atoms with Crippen molar-refractivity contribution in [3.63, 3.8) is 0 Å². The lowest BCUT2D eigenvalue weighted by Crippen LogP contribution is -2.01. The Morgan fingerprint density at radius 2 is 2.12 bits per heavy atom. The number of nitro benzene ring substituents is 1. The zero-order valence-corrected chi connectivity index (χ0v) is 9.18. The fraction of sp³-hybridized carbons (Fsp3) is 0. The van der Waals surface area contributed by atoms with Crippen molar-refractivity contribution < 1.29 is 14.1 Å². The van der Waals surface area contributed by atoms with E-state index in [-0.39, 0.29) is 22.0 Å². The fourth-order valence-corrected chi connectivity index (χ4v) is 1.60. The minimum Gasteiger partial charge on any atom is -0.461 e. The van der Waals surface area contributed by atoms with E-state index in [0.717, 1.165) is 6.07 Å². The number of nitrogens with zero attached hydrogens (tertiary/aromatic N) is 1. The molecule has 17 heavy (non-hydrogen) atoms. The Hall–Kier alpha value is -2.14. The standard InChI is InChI=1S/C11H6ClNO4/c12-9-6-7(13(15)16)3-4-8(9)11(14)10-2-1-5-17-10/h1-6H. The predicted molar refractivity (Wildman–Crippen MR) is 60.2 cm³/mol. The van der Waals surface area contributed by atoms with E-state index in [1.807, 2.05) is 0 Å². The molecule has 0 saturated heterocycles. The number of carbonyl (C=O) groups is 1. The van der Waals surface area contributed by atoms with Gasteiger partial charge in [-0.3, -0.25) is 14.9 Å². The molecular formula is C11H6ClNO4. The molecule has 0 N–H and O–H groups in total. The lowest BCUT2D eigenvalue weighted by Gasteiger charge is -2.00. The van der Waals surface area contributed by atoms with E-state index in [0.29, 0.717) is 0 Å². The number of carbonyl (C=O) groups excluding carboxylic acids is 1. The number of rotatable bonds is 3. The lowest BCUT2D eigenvalue weighted by atomic mass is 10.1. The van der Waals surface area contributed by atoms with E-state index in [1.54, 1.807) is 6.07 Å². The van der Waals surface area contributed by atoms with Gasteiger partial charge in [-0.05, 0) is 18.2 Å². The van der Waals surface area contributed by atoms with Crippen molar-refractivity contribution in [2.24, 2.45) is 0 Å². The van der Waals surface area contributed by atoms with Crippen LogP contribution in [0.4, 0.5) is 5.69 Å². The number of hydrogen-bond acceptors (Lipinski definition) is 4. The summed E-state index contributed by atoms with van der Waals surface area (Å²) in [6.07, 6.45) is 1.37. The predicted octanol–water partition coefficient (Wildman–Crippen LogP) is 3.07. The first-order chi connectivity index (χ1) is 8.09. The monoisotopic (exact) mass is 251 g/mol. The van der Waals surface area contributed by atoms with Crippen LogP contribution in [0, 0.1) is 10.1 Å². The molecule has 86 valence electrons. The van der Waals surface area contributed by atoms with Crippen molar-refractivity contribution in [2.45, 2.75) is 0 Å². The highest BCUT2D eigenvalue weighted by atomic mass is 35.5. The van der Waals surface area contributed by atoms with Crippen molar-refractivity contribution in [1.82, 2.24) is 0 Å². The summed E-state index contributed by atoms with van der Waals surface area (Å²) >= 11 is 5.82. The van der Waals surface area contributed by atoms with E-state index in [1.165, 1.54) is 24.5 Å². The number of halogens is 1. The van der Waals surface area contributed by atoms with E-state index in [2.05, 4.69) is 0 Å². The summed E-state index contributed by atoms with van der Waals surface area (Å²) in [6.45, 7) is 0. The molecule has 0 aliphatic heterocycles. The summed E-state index contributed by atoms with van der Waals surface area (Å²) in [5, 5.41) is 10.5. The van der Waals surface area contributed by atoms with Gasteiger partial charge < -0.3 is 4.42 Å². The van der Waals surface area contributed by atoms with Gasteiger partial charge in [-0.15, -0.1) is 0 Å². The van der Waals surface area contributed by atoms with Crippen LogP contribution in [-0.4, -0.2) is 10.7 Å². The first-order valence-corrected chi connectivity index (χ1v) is 4.99. The molecule has 6 heteroatoms. The smallest absolute Gasteiger partial charge is 0.270 e. The number of hydrogen-bond donors (Lipinski definition) is 0. The largest absolute Gasteiger partial charge is 0.461 e. The molecule has 5 nitrogen and oxygen atoms in total. The Labute approximate surface area is 101 Å². The summed E-state index contributed by atoms with van der Waals surface area (Å²) in [7, 11) is 0. The maximum absolute atomic E-state index is 11.9. The molecule has 1 aromatic carbocycles. The second kappa shape index (κ2) is 4.39. The maximum atomic E-state index is 11.9. The zero-order chi connectivity index (χ0) is 12.4. The highest BCUT2D eigenvalue weighted by Crippen LogP contribution is 2.24. The van der Waals surface area contributed by atoms with Gasteiger partial charge in [0.1, 0.15) is 0 Å². The van der Waals surface area contributed by atoms with Crippen molar-refractivity contribution in [2.75, 3.05) is 0 Å². The van der Waals surface area contributed by atoms with Crippen LogP contribution >= 0.6 is 11.6 Å². The molecule has 0 aliphatic carbocycles. The van der Waals surface area contributed by atoms with Crippen LogP contribution in [-0.2, 0) is 0 Å². The average molecular weight is 252 g/mol. The number of ketones is 1. The van der Waals surface area contributed by atoms with Crippen LogP contribution in [0.1, 0.15) is 16.1 Å². The molecule has 0 atom stereocenters. The maximum Gasteiger partial charge on any atom is 0.270 e. The second-order valence-corrected chi connectivity index (χ2v) is 3.63. The number of benzene rings is 1. The lowest BCUT2D eigenvalue weighted by molar-refractivity contribution is -0.384. The molecule has 0 spiro atoms. The Morgan fingerprint density at radius 3 is 2.65 bits per heavy atom. The summed E-state index contributed by atoms with van der Waals surface area (Å²) in [4.78, 5) is 21.8. The SMILES string of the molecule is O=C(c1ccco1)c1ccc([N+](=O)[O-])cc1Cl. The molecule has 0 saturated carbocycles. The number of non-ortho nitro benzene ring substituents is 1. The van der Waals surface area contributed by atoms with Crippen LogP contribution in [0.2, 0.25) is 5.02 Å². The Bertz CT molecular complexity index is 577. The van der Waals surface area contributed by atoms with E-state index >= 15 is 0 Å². The van der Waals surface area contributed by atoms with Gasteiger partial charge in [0.2, 0.25) is 5.78 Å². The quantitative estimate of drug-likeness (QED) is 0.477. The third-order valence-corrected chi connectivity index (χ3v) is 2.47. The second-order valence-electron chi connectivity index (χ2n) is 3.23. The molecular weight excluding hydrogens is 246 g/mol. The van der Waals surface area contributed by atoms with Gasteiger partial charge in [-0.2, -0.15) is 0 Å². The molecule has 0 radical (unpaired) electrons. The van der Waals surface area contributed by atoms with E-state index in [4.69, 9.17) is 16.0 Å². The summed E-state index contributed by atoms with van der Waals surface area (Å²) in [5.41, 5.74) is 0.0122. The molecule has 1 heterocycles. The van der Waals surface area contributed by atoms with E-state index in [9.17, 15) is 14.9 Å². The fourth-order valence-electron chi connectivity index (χ4n) is 1.34. The first kappa shape index (κ1) is 11.3. The van der Waals surface area contributed by atoms with Crippen molar-refractivity contribution in [1.29, 1.82) is 0 Å². The first-order valence-electron chi connectivity index (χ1n) is 4.62. The van der Waals surface area contributed by atoms with Gasteiger partial charge in [-0.1, -0.05) is 11.6 Å². The molecule has 0 amide bonds. The summed E-state index contributed by atoms with van der Waals surface area (Å²) < 4.78 is 4.94. The minimum atomic E-state index is -0.576. The molecule has 1 aromatic heterocycles. The van der Waals surface area contributed by atoms with Crippen LogP contribution in [0.3, 0.4) is 0 Å². The van der Waals surface area contributed by atoms with Crippen LogP contribution in [0.15, 0.2) is 41.0 Å². The third kappa shape index (κ3) is 2.19. The van der Waals surface area contributed by atoms with Crippen molar-refractivity contribution in [3.8, 4) is 0 Å². The zero-order valence-electron chi connectivity index (χ0n) is 8.42. The molecule has 0 fully saturated rings. The van der Waals surface area contributed by atoms with Gasteiger partial charge in [-0.25, -0.2) is 0 Å². The third-order valence-electron chi connectivity index (χ3n) is 2.15. The Balaban J connectivity index is 2.41. The van der Waals surface area contributed by atoms with Crippen LogP contribution in [0.25, 0.3) is 0 Å². The summed E-state index contributed by atoms with van der Waals surface area (Å²) in [5.74, 6) is -0.268. The van der Waals surface area contributed by atoms with Crippen LogP contribution in [0.5, 0.6) is 0 Å². The van der Waals surface area contributed by atoms with Gasteiger partial charge in [0.15, 0.2) is 5.76 Å². The highest BCUT2D eigenvalue weighted by Gasteiger charge is 2.17. The molecule has 0 bridgehead atoms. The van der Waals surface area contributed by atoms with Crippen LogP contribution < -0.4 is 0 Å².